The van der Waals surface area contributed by atoms with Crippen molar-refractivity contribution >= 4 is 24.4 Å². The number of aldehydes is 1. The molecular formula is C16H29NO7. The Bertz CT molecular complexity index is 393. The number of rotatable bonds is 4. The fraction of sp³-hybridized carbons (Fsp3) is 0.750. The number of ether oxygens (including phenoxy) is 3. The van der Waals surface area contributed by atoms with E-state index in [-0.39, 0.29) is 5.97 Å². The average Bonchev–Trinajstić information content (AvgIpc) is 2.34. The molecule has 0 heterocycles. The van der Waals surface area contributed by atoms with Crippen molar-refractivity contribution in [2.45, 2.75) is 72.0 Å². The van der Waals surface area contributed by atoms with Crippen molar-refractivity contribution in [3.63, 3.8) is 0 Å². The van der Waals surface area contributed by atoms with E-state index >= 15 is 0 Å². The van der Waals surface area contributed by atoms with Gasteiger partial charge in [0.2, 0.25) is 0 Å². The Labute approximate surface area is 143 Å². The number of carbonyl (C=O) groups is 4. The number of hydrogen-bond donors (Lipinski definition) is 1. The first-order chi connectivity index (χ1) is 10.8. The fourth-order valence-corrected chi connectivity index (χ4v) is 1.12. The molecule has 2 amide bonds. The molecule has 0 rings (SSSR count). The molecule has 0 aromatic carbocycles. The number of esters is 1. The van der Waals surface area contributed by atoms with Gasteiger partial charge in [0.25, 0.3) is 0 Å². The molecule has 0 saturated carbocycles. The molecule has 1 N–H and O–H groups in total. The van der Waals surface area contributed by atoms with Gasteiger partial charge in [-0.3, -0.25) is 4.79 Å². The van der Waals surface area contributed by atoms with Crippen LogP contribution in [-0.2, 0) is 23.8 Å². The van der Waals surface area contributed by atoms with E-state index < -0.39 is 23.4 Å². The van der Waals surface area contributed by atoms with E-state index in [2.05, 4.69) is 4.74 Å². The number of amides is 2. The molecule has 0 aromatic rings. The molecule has 0 unspecified atom stereocenters. The minimum Gasteiger partial charge on any atom is -0.469 e. The van der Waals surface area contributed by atoms with Gasteiger partial charge in [0.15, 0.2) is 0 Å². The first kappa shape index (κ1) is 24.1. The Morgan fingerprint density at radius 2 is 1.33 bits per heavy atom. The minimum atomic E-state index is -0.809. The van der Waals surface area contributed by atoms with Gasteiger partial charge in [-0.2, -0.15) is 0 Å². The van der Waals surface area contributed by atoms with Crippen LogP contribution in [0.3, 0.4) is 0 Å². The normalized spacial score (nSPS) is 10.6. The summed E-state index contributed by atoms with van der Waals surface area (Å²) in [7, 11) is 1.34. The molecule has 0 bridgehead atoms. The van der Waals surface area contributed by atoms with E-state index in [0.29, 0.717) is 19.3 Å². The molecule has 0 atom stereocenters. The van der Waals surface area contributed by atoms with Crippen molar-refractivity contribution in [1.29, 1.82) is 0 Å². The lowest BCUT2D eigenvalue weighted by Gasteiger charge is -2.21. The monoisotopic (exact) mass is 347 g/mol. The van der Waals surface area contributed by atoms with Gasteiger partial charge in [0.05, 0.1) is 7.11 Å². The maximum absolute atomic E-state index is 11.1. The highest BCUT2D eigenvalue weighted by atomic mass is 16.6. The highest BCUT2D eigenvalue weighted by Crippen LogP contribution is 2.08. The van der Waals surface area contributed by atoms with Crippen LogP contribution < -0.4 is 5.32 Å². The lowest BCUT2D eigenvalue weighted by Crippen LogP contribution is -2.39. The van der Waals surface area contributed by atoms with Crippen molar-refractivity contribution in [2.75, 3.05) is 7.11 Å². The standard InChI is InChI=1S/C10H19NO4.C6H10O3/c1-9(2,3)14-7(12)11-8(13)15-10(4,5)6;1-9-6(8)4-2-3-5-7/h1-6H3,(H,11,12,13);5H,2-4H2,1H3. The number of imide groups is 1. The summed E-state index contributed by atoms with van der Waals surface area (Å²) in [6.45, 7) is 10.3. The van der Waals surface area contributed by atoms with Crippen LogP contribution in [0, 0.1) is 0 Å². The smallest absolute Gasteiger partial charge is 0.417 e. The van der Waals surface area contributed by atoms with Gasteiger partial charge in [0, 0.05) is 12.8 Å². The molecule has 0 fully saturated rings. The summed E-state index contributed by atoms with van der Waals surface area (Å²) in [5.74, 6) is -0.253. The van der Waals surface area contributed by atoms with Gasteiger partial charge in [-0.25, -0.2) is 14.9 Å². The zero-order chi connectivity index (χ0) is 19.4. The highest BCUT2D eigenvalue weighted by Gasteiger charge is 2.21. The van der Waals surface area contributed by atoms with Crippen LogP contribution in [0.15, 0.2) is 0 Å². The molecule has 0 saturated heterocycles. The van der Waals surface area contributed by atoms with Crippen LogP contribution in [0.1, 0.15) is 60.8 Å². The first-order valence-corrected chi connectivity index (χ1v) is 7.54. The predicted molar refractivity (Wildman–Crippen MR) is 87.5 cm³/mol. The van der Waals surface area contributed by atoms with E-state index in [1.54, 1.807) is 41.5 Å². The fourth-order valence-electron chi connectivity index (χ4n) is 1.12. The Morgan fingerprint density at radius 1 is 0.917 bits per heavy atom. The molecule has 0 aliphatic carbocycles. The topological polar surface area (TPSA) is 108 Å². The zero-order valence-corrected chi connectivity index (χ0v) is 15.6. The van der Waals surface area contributed by atoms with Gasteiger partial charge in [-0.1, -0.05) is 0 Å². The lowest BCUT2D eigenvalue weighted by molar-refractivity contribution is -0.140. The van der Waals surface area contributed by atoms with Gasteiger partial charge in [0.1, 0.15) is 17.5 Å². The van der Waals surface area contributed by atoms with Crippen molar-refractivity contribution in [2.24, 2.45) is 0 Å². The lowest BCUT2D eigenvalue weighted by atomic mass is 10.2. The molecule has 24 heavy (non-hydrogen) atoms. The summed E-state index contributed by atoms with van der Waals surface area (Å²) in [5, 5.41) is 1.97. The quantitative estimate of drug-likeness (QED) is 0.360. The number of hydrogen-bond acceptors (Lipinski definition) is 7. The molecule has 0 aromatic heterocycles. The largest absolute Gasteiger partial charge is 0.469 e. The van der Waals surface area contributed by atoms with E-state index in [1.165, 1.54) is 7.11 Å². The number of nitrogens with one attached hydrogen (secondary N) is 1. The Balaban J connectivity index is 0. The number of carbonyl (C=O) groups excluding carboxylic acids is 4. The van der Waals surface area contributed by atoms with E-state index in [0.717, 1.165) is 6.29 Å². The Hall–Kier alpha value is -2.12. The van der Waals surface area contributed by atoms with Gasteiger partial charge in [-0.05, 0) is 48.0 Å². The maximum Gasteiger partial charge on any atom is 0.417 e. The van der Waals surface area contributed by atoms with Gasteiger partial charge < -0.3 is 19.0 Å². The average molecular weight is 347 g/mol. The number of methoxy groups -OCH3 is 1. The van der Waals surface area contributed by atoms with Crippen LogP contribution in [-0.4, -0.2) is 42.8 Å². The zero-order valence-electron chi connectivity index (χ0n) is 15.6. The molecule has 8 heteroatoms. The summed E-state index contributed by atoms with van der Waals surface area (Å²) in [6.07, 6.45) is 0.553. The Kier molecular flexibility index (Phi) is 11.5. The SMILES string of the molecule is CC(C)(C)OC(=O)NC(=O)OC(C)(C)C.COC(=O)CCCC=O. The second-order valence-electron chi connectivity index (χ2n) is 6.76. The molecule has 140 valence electrons. The third kappa shape index (κ3) is 19.9. The van der Waals surface area contributed by atoms with E-state index in [4.69, 9.17) is 9.47 Å². The maximum atomic E-state index is 11.1. The predicted octanol–water partition coefficient (Wildman–Crippen LogP) is 2.97. The number of alkyl carbamates (subject to hydrolysis) is 2. The van der Waals surface area contributed by atoms with Gasteiger partial charge in [-0.15, -0.1) is 0 Å². The van der Waals surface area contributed by atoms with Crippen molar-refractivity contribution < 1.29 is 33.4 Å². The summed E-state index contributed by atoms with van der Waals surface area (Å²) >= 11 is 0. The molecule has 8 nitrogen and oxygen atoms in total. The first-order valence-electron chi connectivity index (χ1n) is 7.54. The number of unbranched alkanes of at least 4 members (excludes halogenated alkanes) is 1. The second kappa shape index (κ2) is 11.4. The Morgan fingerprint density at radius 3 is 1.62 bits per heavy atom. The molecular weight excluding hydrogens is 318 g/mol. The van der Waals surface area contributed by atoms with Crippen molar-refractivity contribution in [1.82, 2.24) is 5.32 Å². The van der Waals surface area contributed by atoms with Crippen LogP contribution in [0.4, 0.5) is 9.59 Å². The molecule has 0 spiro atoms. The van der Waals surface area contributed by atoms with Crippen LogP contribution in [0.25, 0.3) is 0 Å². The third-order valence-electron chi connectivity index (χ3n) is 1.93. The third-order valence-corrected chi connectivity index (χ3v) is 1.93. The van der Waals surface area contributed by atoms with E-state index in [9.17, 15) is 19.2 Å². The van der Waals surface area contributed by atoms with Crippen molar-refractivity contribution in [3.05, 3.63) is 0 Å². The summed E-state index contributed by atoms with van der Waals surface area (Å²) in [6, 6.07) is 0. The van der Waals surface area contributed by atoms with Crippen LogP contribution in [0.2, 0.25) is 0 Å². The molecule has 0 aliphatic heterocycles. The van der Waals surface area contributed by atoms with Crippen molar-refractivity contribution in [3.8, 4) is 0 Å². The summed E-state index contributed by atoms with van der Waals surface area (Å²) in [5.41, 5.74) is -1.27. The second-order valence-corrected chi connectivity index (χ2v) is 6.76. The highest BCUT2D eigenvalue weighted by molar-refractivity contribution is 5.87. The molecule has 0 radical (unpaired) electrons. The van der Waals surface area contributed by atoms with Crippen LogP contribution >= 0.6 is 0 Å². The minimum absolute atomic E-state index is 0.253. The van der Waals surface area contributed by atoms with Gasteiger partial charge >= 0.3 is 18.2 Å². The van der Waals surface area contributed by atoms with E-state index in [1.807, 2.05) is 5.32 Å². The summed E-state index contributed by atoms with van der Waals surface area (Å²) in [4.78, 5) is 42.3. The summed E-state index contributed by atoms with van der Waals surface area (Å²) < 4.78 is 14.1. The van der Waals surface area contributed by atoms with Crippen LogP contribution in [0.5, 0.6) is 0 Å². The molecule has 0 aliphatic rings.